The standard InChI is InChI=1S/C11H14O4/c1-3-4-9-8(12)5-7-10(15-9)6(2)14-11(7)13/h3-6,8-10,12H,1-2H3/b4-3+/t6-,8-,9+,10-/m1/s1. The number of esters is 1. The lowest BCUT2D eigenvalue weighted by Crippen LogP contribution is -2.38. The molecule has 4 atom stereocenters. The van der Waals surface area contributed by atoms with E-state index in [1.165, 1.54) is 6.08 Å². The Kier molecular flexibility index (Phi) is 2.63. The van der Waals surface area contributed by atoms with E-state index in [2.05, 4.69) is 0 Å². The molecule has 2 aliphatic heterocycles. The summed E-state index contributed by atoms with van der Waals surface area (Å²) in [5.74, 6) is -0.384. The fraction of sp³-hybridized carbons (Fsp3) is 0.545. The van der Waals surface area contributed by atoms with Crippen LogP contribution in [0.5, 0.6) is 0 Å². The number of carbonyl (C=O) groups excluding carboxylic acids is 1. The Bertz CT molecular complexity index is 331. The lowest BCUT2D eigenvalue weighted by Gasteiger charge is -2.28. The molecule has 2 heterocycles. The summed E-state index contributed by atoms with van der Waals surface area (Å²) in [7, 11) is 0. The summed E-state index contributed by atoms with van der Waals surface area (Å²) in [5, 5.41) is 9.69. The molecule has 0 aromatic carbocycles. The first kappa shape index (κ1) is 10.4. The number of fused-ring (bicyclic) bond motifs is 1. The van der Waals surface area contributed by atoms with Crippen LogP contribution in [0, 0.1) is 0 Å². The van der Waals surface area contributed by atoms with Crippen molar-refractivity contribution in [1.82, 2.24) is 0 Å². The lowest BCUT2D eigenvalue weighted by molar-refractivity contribution is -0.139. The molecule has 1 fully saturated rings. The zero-order chi connectivity index (χ0) is 11.0. The van der Waals surface area contributed by atoms with Crippen molar-refractivity contribution in [2.24, 2.45) is 0 Å². The minimum absolute atomic E-state index is 0.274. The van der Waals surface area contributed by atoms with E-state index < -0.39 is 6.10 Å². The van der Waals surface area contributed by atoms with Gasteiger partial charge < -0.3 is 14.6 Å². The molecule has 0 aliphatic carbocycles. The molecule has 0 unspecified atom stereocenters. The van der Waals surface area contributed by atoms with E-state index in [1.807, 2.05) is 13.0 Å². The summed E-state index contributed by atoms with van der Waals surface area (Å²) >= 11 is 0. The predicted octanol–water partition coefficient (Wildman–Crippen LogP) is 0.562. The van der Waals surface area contributed by atoms with Gasteiger partial charge >= 0.3 is 5.97 Å². The Hall–Kier alpha value is -1.13. The molecule has 2 rings (SSSR count). The second kappa shape index (κ2) is 3.79. The summed E-state index contributed by atoms with van der Waals surface area (Å²) in [6.45, 7) is 3.64. The van der Waals surface area contributed by atoms with Crippen molar-refractivity contribution in [3.8, 4) is 0 Å². The van der Waals surface area contributed by atoms with Crippen LogP contribution in [0.1, 0.15) is 13.8 Å². The molecular weight excluding hydrogens is 196 g/mol. The third kappa shape index (κ3) is 1.70. The SMILES string of the molecule is C/C=C/[C@@H]1O[C@H]2C(=C[C@H]1O)C(=O)O[C@@H]2C. The monoisotopic (exact) mass is 210 g/mol. The Morgan fingerprint density at radius 1 is 1.53 bits per heavy atom. The highest BCUT2D eigenvalue weighted by Crippen LogP contribution is 2.30. The van der Waals surface area contributed by atoms with Gasteiger partial charge in [0.25, 0.3) is 0 Å². The zero-order valence-corrected chi connectivity index (χ0v) is 8.71. The molecule has 4 heteroatoms. The normalized spacial score (nSPS) is 40.2. The highest BCUT2D eigenvalue weighted by atomic mass is 16.6. The third-order valence-electron chi connectivity index (χ3n) is 2.63. The second-order valence-electron chi connectivity index (χ2n) is 3.77. The third-order valence-corrected chi connectivity index (χ3v) is 2.63. The van der Waals surface area contributed by atoms with E-state index in [1.54, 1.807) is 13.0 Å². The van der Waals surface area contributed by atoms with E-state index in [0.29, 0.717) is 5.57 Å². The fourth-order valence-corrected chi connectivity index (χ4v) is 1.89. The van der Waals surface area contributed by atoms with Gasteiger partial charge in [-0.3, -0.25) is 0 Å². The van der Waals surface area contributed by atoms with Crippen LogP contribution in [0.25, 0.3) is 0 Å². The molecule has 0 saturated carbocycles. The van der Waals surface area contributed by atoms with Crippen LogP contribution in [0.15, 0.2) is 23.8 Å². The lowest BCUT2D eigenvalue weighted by atomic mass is 10.00. The van der Waals surface area contributed by atoms with Gasteiger partial charge in [-0.1, -0.05) is 12.2 Å². The molecule has 0 amide bonds. The Balaban J connectivity index is 2.26. The van der Waals surface area contributed by atoms with Crippen LogP contribution >= 0.6 is 0 Å². The maximum absolute atomic E-state index is 11.3. The van der Waals surface area contributed by atoms with Gasteiger partial charge in [-0.25, -0.2) is 4.79 Å². The summed E-state index contributed by atoms with van der Waals surface area (Å²) in [5.41, 5.74) is 0.441. The van der Waals surface area contributed by atoms with Gasteiger partial charge in [0, 0.05) is 0 Å². The molecule has 2 aliphatic rings. The van der Waals surface area contributed by atoms with Crippen molar-refractivity contribution in [2.45, 2.75) is 38.3 Å². The fourth-order valence-electron chi connectivity index (χ4n) is 1.89. The smallest absolute Gasteiger partial charge is 0.336 e. The number of allylic oxidation sites excluding steroid dienone is 1. The van der Waals surface area contributed by atoms with Gasteiger partial charge in [-0.15, -0.1) is 0 Å². The van der Waals surface area contributed by atoms with Crippen LogP contribution in [-0.4, -0.2) is 35.5 Å². The summed E-state index contributed by atoms with van der Waals surface area (Å²) < 4.78 is 10.6. The maximum Gasteiger partial charge on any atom is 0.336 e. The van der Waals surface area contributed by atoms with Crippen molar-refractivity contribution in [1.29, 1.82) is 0 Å². The van der Waals surface area contributed by atoms with Crippen LogP contribution in [0.2, 0.25) is 0 Å². The number of carbonyl (C=O) groups is 1. The van der Waals surface area contributed by atoms with E-state index >= 15 is 0 Å². The molecule has 1 saturated heterocycles. The first-order valence-corrected chi connectivity index (χ1v) is 5.02. The average molecular weight is 210 g/mol. The number of rotatable bonds is 1. The highest BCUT2D eigenvalue weighted by Gasteiger charge is 2.43. The molecule has 0 bridgehead atoms. The number of hydrogen-bond acceptors (Lipinski definition) is 4. The van der Waals surface area contributed by atoms with Crippen LogP contribution < -0.4 is 0 Å². The molecule has 4 nitrogen and oxygen atoms in total. The Morgan fingerprint density at radius 3 is 2.93 bits per heavy atom. The summed E-state index contributed by atoms with van der Waals surface area (Å²) in [6.07, 6.45) is 3.34. The van der Waals surface area contributed by atoms with Crippen molar-refractivity contribution in [3.63, 3.8) is 0 Å². The van der Waals surface area contributed by atoms with Crippen LogP contribution in [0.4, 0.5) is 0 Å². The largest absolute Gasteiger partial charge is 0.456 e. The number of aliphatic hydroxyl groups is 1. The molecule has 0 aromatic heterocycles. The minimum Gasteiger partial charge on any atom is -0.456 e. The Labute approximate surface area is 88.2 Å². The minimum atomic E-state index is -0.773. The van der Waals surface area contributed by atoms with Crippen molar-refractivity contribution in [2.75, 3.05) is 0 Å². The quantitative estimate of drug-likeness (QED) is 0.507. The van der Waals surface area contributed by atoms with Crippen molar-refractivity contribution in [3.05, 3.63) is 23.8 Å². The molecule has 0 aromatic rings. The zero-order valence-electron chi connectivity index (χ0n) is 8.71. The molecule has 15 heavy (non-hydrogen) atoms. The van der Waals surface area contributed by atoms with Crippen LogP contribution in [-0.2, 0) is 14.3 Å². The first-order valence-electron chi connectivity index (χ1n) is 5.02. The van der Waals surface area contributed by atoms with Gasteiger partial charge in [0.2, 0.25) is 0 Å². The van der Waals surface area contributed by atoms with Gasteiger partial charge in [0.05, 0.1) is 5.57 Å². The van der Waals surface area contributed by atoms with E-state index in [4.69, 9.17) is 9.47 Å². The van der Waals surface area contributed by atoms with Gasteiger partial charge in [0.15, 0.2) is 0 Å². The number of aliphatic hydroxyl groups excluding tert-OH is 1. The highest BCUT2D eigenvalue weighted by molar-refractivity contribution is 5.92. The van der Waals surface area contributed by atoms with Crippen molar-refractivity contribution < 1.29 is 19.4 Å². The van der Waals surface area contributed by atoms with Crippen LogP contribution in [0.3, 0.4) is 0 Å². The van der Waals surface area contributed by atoms with E-state index in [9.17, 15) is 9.90 Å². The van der Waals surface area contributed by atoms with E-state index in [0.717, 1.165) is 0 Å². The molecular formula is C11H14O4. The topological polar surface area (TPSA) is 55.8 Å². The van der Waals surface area contributed by atoms with Gasteiger partial charge in [-0.2, -0.15) is 0 Å². The predicted molar refractivity (Wildman–Crippen MR) is 53.1 cm³/mol. The number of cyclic esters (lactones) is 1. The molecule has 0 spiro atoms. The molecule has 82 valence electrons. The summed E-state index contributed by atoms with van der Waals surface area (Å²) in [4.78, 5) is 11.3. The average Bonchev–Trinajstić information content (AvgIpc) is 2.44. The number of hydrogen-bond donors (Lipinski definition) is 1. The van der Waals surface area contributed by atoms with Gasteiger partial charge in [-0.05, 0) is 19.9 Å². The van der Waals surface area contributed by atoms with E-state index in [-0.39, 0.29) is 24.3 Å². The second-order valence-corrected chi connectivity index (χ2v) is 3.77. The van der Waals surface area contributed by atoms with Crippen molar-refractivity contribution >= 4 is 5.97 Å². The first-order chi connectivity index (χ1) is 7.13. The Morgan fingerprint density at radius 2 is 2.27 bits per heavy atom. The van der Waals surface area contributed by atoms with Gasteiger partial charge in [0.1, 0.15) is 24.4 Å². The maximum atomic E-state index is 11.3. The molecule has 0 radical (unpaired) electrons. The molecule has 1 N–H and O–H groups in total. The number of ether oxygens (including phenoxy) is 2. The summed E-state index contributed by atoms with van der Waals surface area (Å²) in [6, 6.07) is 0.